The molecule has 1 fully saturated rings. The van der Waals surface area contributed by atoms with E-state index < -0.39 is 23.2 Å². The molecule has 24 heavy (non-hydrogen) atoms. The summed E-state index contributed by atoms with van der Waals surface area (Å²) in [5.41, 5.74) is -0.284. The minimum absolute atomic E-state index is 0.239. The van der Waals surface area contributed by atoms with Gasteiger partial charge in [-0.3, -0.25) is 4.79 Å². The van der Waals surface area contributed by atoms with Crippen molar-refractivity contribution >= 4 is 11.9 Å². The number of rotatable bonds is 4. The summed E-state index contributed by atoms with van der Waals surface area (Å²) in [5, 5.41) is 16.2. The maximum atomic E-state index is 13.9. The van der Waals surface area contributed by atoms with E-state index in [0.29, 0.717) is 18.5 Å². The van der Waals surface area contributed by atoms with Crippen LogP contribution < -0.4 is 5.32 Å². The third-order valence-corrected chi connectivity index (χ3v) is 4.55. The van der Waals surface area contributed by atoms with Crippen LogP contribution in [0.2, 0.25) is 0 Å². The maximum Gasteiger partial charge on any atom is 0.329 e. The van der Waals surface area contributed by atoms with E-state index in [0.717, 1.165) is 12.8 Å². The number of nitrogens with one attached hydrogen (secondary N) is 1. The number of carboxylic acids is 1. The third-order valence-electron chi connectivity index (χ3n) is 4.55. The zero-order chi connectivity index (χ0) is 17.3. The topological polar surface area (TPSA) is 84.2 Å². The van der Waals surface area contributed by atoms with E-state index in [4.69, 9.17) is 0 Å². The van der Waals surface area contributed by atoms with Crippen LogP contribution in [-0.2, 0) is 4.79 Å². The average molecular weight is 331 g/mol. The summed E-state index contributed by atoms with van der Waals surface area (Å²) in [5.74, 6) is -1.97. The summed E-state index contributed by atoms with van der Waals surface area (Å²) < 4.78 is 15.3. The van der Waals surface area contributed by atoms with Crippen molar-refractivity contribution in [3.05, 3.63) is 47.5 Å². The van der Waals surface area contributed by atoms with Crippen molar-refractivity contribution in [2.75, 3.05) is 0 Å². The highest BCUT2D eigenvalue weighted by atomic mass is 19.1. The smallest absolute Gasteiger partial charge is 0.329 e. The van der Waals surface area contributed by atoms with Crippen LogP contribution in [-0.4, -0.2) is 32.3 Å². The van der Waals surface area contributed by atoms with Gasteiger partial charge in [0.15, 0.2) is 0 Å². The molecule has 1 aromatic heterocycles. The fourth-order valence-corrected chi connectivity index (χ4v) is 3.15. The second-order valence-corrected chi connectivity index (χ2v) is 6.06. The largest absolute Gasteiger partial charge is 0.480 e. The predicted octanol–water partition coefficient (Wildman–Crippen LogP) is 2.45. The number of hydrogen-bond acceptors (Lipinski definition) is 3. The van der Waals surface area contributed by atoms with E-state index in [9.17, 15) is 19.1 Å². The second-order valence-electron chi connectivity index (χ2n) is 6.06. The lowest BCUT2D eigenvalue weighted by Gasteiger charge is -2.25. The summed E-state index contributed by atoms with van der Waals surface area (Å²) >= 11 is 0. The van der Waals surface area contributed by atoms with Gasteiger partial charge in [-0.2, -0.15) is 5.10 Å². The first-order valence-corrected chi connectivity index (χ1v) is 7.80. The Labute approximate surface area is 138 Å². The number of para-hydroxylation sites is 1. The molecular formula is C17H18FN3O3. The van der Waals surface area contributed by atoms with Crippen molar-refractivity contribution in [1.29, 1.82) is 0 Å². The molecule has 0 unspecified atom stereocenters. The fraction of sp³-hybridized carbons (Fsp3) is 0.353. The number of carboxylic acid groups (broad SMARTS) is 1. The summed E-state index contributed by atoms with van der Waals surface area (Å²) in [7, 11) is 0. The van der Waals surface area contributed by atoms with Gasteiger partial charge >= 0.3 is 5.97 Å². The summed E-state index contributed by atoms with van der Waals surface area (Å²) in [4.78, 5) is 24.1. The minimum atomic E-state index is -1.22. The summed E-state index contributed by atoms with van der Waals surface area (Å²) in [6, 6.07) is 6.13. The number of nitrogens with zero attached hydrogens (tertiary/aromatic N) is 2. The van der Waals surface area contributed by atoms with Crippen molar-refractivity contribution in [2.24, 2.45) is 0 Å². The van der Waals surface area contributed by atoms with Gasteiger partial charge in [0.2, 0.25) is 0 Å². The van der Waals surface area contributed by atoms with Crippen molar-refractivity contribution in [1.82, 2.24) is 15.1 Å². The molecule has 0 bridgehead atoms. The standard InChI is InChI=1S/C17H18FN3O3/c1-11-12(10-19-21(11)14-7-3-2-6-13(14)18)15(22)20-17(16(23)24)8-4-5-9-17/h2-3,6-7,10H,4-5,8-9H2,1H3,(H,20,22)(H,23,24). The molecule has 3 rings (SSSR count). The number of amides is 1. The van der Waals surface area contributed by atoms with Crippen molar-refractivity contribution < 1.29 is 19.1 Å². The lowest BCUT2D eigenvalue weighted by Crippen LogP contribution is -2.52. The van der Waals surface area contributed by atoms with Gasteiger partial charge in [-0.25, -0.2) is 13.9 Å². The van der Waals surface area contributed by atoms with Gasteiger partial charge in [-0.15, -0.1) is 0 Å². The first-order valence-electron chi connectivity index (χ1n) is 7.80. The molecule has 1 aromatic carbocycles. The molecule has 1 heterocycles. The molecule has 126 valence electrons. The highest BCUT2D eigenvalue weighted by Gasteiger charge is 2.43. The Balaban J connectivity index is 1.90. The van der Waals surface area contributed by atoms with E-state index in [1.165, 1.54) is 16.9 Å². The van der Waals surface area contributed by atoms with Gasteiger partial charge in [0.1, 0.15) is 17.0 Å². The minimum Gasteiger partial charge on any atom is -0.480 e. The number of carbonyl (C=O) groups is 2. The zero-order valence-electron chi connectivity index (χ0n) is 13.3. The Hall–Kier alpha value is -2.70. The van der Waals surface area contributed by atoms with Crippen LogP contribution in [0.1, 0.15) is 41.7 Å². The van der Waals surface area contributed by atoms with Gasteiger partial charge in [-0.1, -0.05) is 25.0 Å². The Morgan fingerprint density at radius 3 is 2.58 bits per heavy atom. The molecule has 2 aromatic rings. The first kappa shape index (κ1) is 16.2. The molecule has 0 spiro atoms. The van der Waals surface area contributed by atoms with Crippen LogP contribution >= 0.6 is 0 Å². The second kappa shape index (κ2) is 6.07. The van der Waals surface area contributed by atoms with Crippen LogP contribution in [0.4, 0.5) is 4.39 Å². The summed E-state index contributed by atoms with van der Waals surface area (Å²) in [6.45, 7) is 1.65. The number of aromatic nitrogens is 2. The van der Waals surface area contributed by atoms with Crippen molar-refractivity contribution in [3.8, 4) is 5.69 Å². The number of benzene rings is 1. The molecular weight excluding hydrogens is 313 g/mol. The van der Waals surface area contributed by atoms with Crippen LogP contribution in [0.5, 0.6) is 0 Å². The van der Waals surface area contributed by atoms with Crippen molar-refractivity contribution in [3.63, 3.8) is 0 Å². The monoisotopic (exact) mass is 331 g/mol. The number of aliphatic carboxylic acids is 1. The molecule has 1 amide bonds. The van der Waals surface area contributed by atoms with E-state index >= 15 is 0 Å². The van der Waals surface area contributed by atoms with E-state index in [2.05, 4.69) is 10.4 Å². The molecule has 0 atom stereocenters. The number of carbonyl (C=O) groups excluding carboxylic acids is 1. The van der Waals surface area contributed by atoms with E-state index in [1.807, 2.05) is 0 Å². The normalized spacial score (nSPS) is 16.1. The van der Waals surface area contributed by atoms with Gasteiger partial charge in [-0.05, 0) is 31.9 Å². The van der Waals surface area contributed by atoms with Crippen LogP contribution in [0, 0.1) is 12.7 Å². The lowest BCUT2D eigenvalue weighted by molar-refractivity contribution is -0.144. The van der Waals surface area contributed by atoms with Crippen LogP contribution in [0.3, 0.4) is 0 Å². The average Bonchev–Trinajstić information content (AvgIpc) is 3.16. The Kier molecular flexibility index (Phi) is 4.09. The molecule has 6 nitrogen and oxygen atoms in total. The highest BCUT2D eigenvalue weighted by molar-refractivity contribution is 5.98. The zero-order valence-corrected chi connectivity index (χ0v) is 13.3. The number of hydrogen-bond donors (Lipinski definition) is 2. The third kappa shape index (κ3) is 2.66. The molecule has 0 aliphatic heterocycles. The SMILES string of the molecule is Cc1c(C(=O)NC2(C(=O)O)CCCC2)cnn1-c1ccccc1F. The molecule has 2 N–H and O–H groups in total. The predicted molar refractivity (Wildman–Crippen MR) is 84.6 cm³/mol. The van der Waals surface area contributed by atoms with Gasteiger partial charge in [0.05, 0.1) is 17.5 Å². The van der Waals surface area contributed by atoms with E-state index in [1.54, 1.807) is 25.1 Å². The highest BCUT2D eigenvalue weighted by Crippen LogP contribution is 2.30. The maximum absolute atomic E-state index is 13.9. The quantitative estimate of drug-likeness (QED) is 0.901. The fourth-order valence-electron chi connectivity index (χ4n) is 3.15. The van der Waals surface area contributed by atoms with Gasteiger partial charge in [0.25, 0.3) is 5.91 Å². The van der Waals surface area contributed by atoms with Crippen LogP contribution in [0.15, 0.2) is 30.5 Å². The van der Waals surface area contributed by atoms with Gasteiger partial charge < -0.3 is 10.4 Å². The van der Waals surface area contributed by atoms with Crippen LogP contribution in [0.25, 0.3) is 5.69 Å². The Morgan fingerprint density at radius 1 is 1.29 bits per heavy atom. The molecule has 1 aliphatic carbocycles. The Bertz CT molecular complexity index is 794. The molecule has 1 saturated carbocycles. The molecule has 7 heteroatoms. The number of halogens is 1. The molecule has 0 radical (unpaired) electrons. The molecule has 1 aliphatic rings. The van der Waals surface area contributed by atoms with Crippen molar-refractivity contribution in [2.45, 2.75) is 38.1 Å². The lowest BCUT2D eigenvalue weighted by atomic mass is 9.97. The van der Waals surface area contributed by atoms with Gasteiger partial charge in [0, 0.05) is 0 Å². The summed E-state index contributed by atoms with van der Waals surface area (Å²) in [6.07, 6.45) is 3.69. The Morgan fingerprint density at radius 2 is 1.96 bits per heavy atom. The van der Waals surface area contributed by atoms with E-state index in [-0.39, 0.29) is 11.3 Å². The first-order chi connectivity index (χ1) is 11.4. The molecule has 0 saturated heterocycles.